The van der Waals surface area contributed by atoms with Gasteiger partial charge >= 0.3 is 0 Å². The minimum Gasteiger partial charge on any atom is -0.368 e. The lowest BCUT2D eigenvalue weighted by molar-refractivity contribution is -0.112. The smallest absolute Gasteiger partial charge is 0.298 e. The number of benzene rings is 2. The van der Waals surface area contributed by atoms with Crippen molar-refractivity contribution < 1.29 is 9.59 Å². The number of anilines is 3. The van der Waals surface area contributed by atoms with Gasteiger partial charge in [0.15, 0.2) is 0 Å². The zero-order valence-electron chi connectivity index (χ0n) is 20.8. The SMILES string of the molecule is O=C(Nc1ccc(N2CCN(c3cccnc3)CC2)cc1)C(=O)c1c(-c2ccccc2)cc2ccccn12. The molecule has 6 rings (SSSR count). The summed E-state index contributed by atoms with van der Waals surface area (Å²) in [4.78, 5) is 35.4. The topological polar surface area (TPSA) is 70.0 Å². The molecule has 1 amide bonds. The van der Waals surface area contributed by atoms with E-state index < -0.39 is 11.7 Å². The first-order valence-corrected chi connectivity index (χ1v) is 12.7. The molecule has 1 saturated heterocycles. The van der Waals surface area contributed by atoms with Crippen LogP contribution in [0.25, 0.3) is 16.6 Å². The maximum Gasteiger partial charge on any atom is 0.298 e. The molecular formula is C31H27N5O2. The molecule has 0 atom stereocenters. The van der Waals surface area contributed by atoms with Crippen molar-refractivity contribution in [3.63, 3.8) is 0 Å². The Morgan fingerprint density at radius 1 is 0.737 bits per heavy atom. The van der Waals surface area contributed by atoms with Gasteiger partial charge in [0.1, 0.15) is 5.69 Å². The van der Waals surface area contributed by atoms with Crippen molar-refractivity contribution >= 4 is 34.3 Å². The summed E-state index contributed by atoms with van der Waals surface area (Å²) in [6, 6.07) is 29.0. The Morgan fingerprint density at radius 2 is 1.45 bits per heavy atom. The van der Waals surface area contributed by atoms with Crippen molar-refractivity contribution in [1.29, 1.82) is 0 Å². The number of hydrogen-bond donors (Lipinski definition) is 1. The van der Waals surface area contributed by atoms with Crippen molar-refractivity contribution in [2.75, 3.05) is 41.3 Å². The van der Waals surface area contributed by atoms with Crippen molar-refractivity contribution in [1.82, 2.24) is 9.38 Å². The second-order valence-electron chi connectivity index (χ2n) is 9.28. The maximum absolute atomic E-state index is 13.4. The number of piperazine rings is 1. The molecule has 5 aromatic rings. The summed E-state index contributed by atoms with van der Waals surface area (Å²) in [5.74, 6) is -1.24. The number of nitrogens with one attached hydrogen (secondary N) is 1. The van der Waals surface area contributed by atoms with Crippen LogP contribution in [0.1, 0.15) is 10.5 Å². The Bertz CT molecular complexity index is 1570. The number of Topliss-reactive ketones (excluding diaryl/α,β-unsaturated/α-hetero) is 1. The second kappa shape index (κ2) is 10.2. The highest BCUT2D eigenvalue weighted by atomic mass is 16.2. The fourth-order valence-electron chi connectivity index (χ4n) is 5.01. The zero-order chi connectivity index (χ0) is 25.9. The van der Waals surface area contributed by atoms with Gasteiger partial charge in [0, 0.05) is 61.0 Å². The van der Waals surface area contributed by atoms with E-state index in [9.17, 15) is 9.59 Å². The largest absolute Gasteiger partial charge is 0.368 e. The molecule has 0 unspecified atom stereocenters. The molecule has 4 heterocycles. The molecule has 7 nitrogen and oxygen atoms in total. The average Bonchev–Trinajstić information content (AvgIpc) is 3.38. The fraction of sp³-hybridized carbons (Fsp3) is 0.129. The van der Waals surface area contributed by atoms with Crippen molar-refractivity contribution in [3.8, 4) is 11.1 Å². The van der Waals surface area contributed by atoms with E-state index in [0.717, 1.165) is 54.2 Å². The van der Waals surface area contributed by atoms with Crippen LogP contribution in [0.3, 0.4) is 0 Å². The number of carbonyl (C=O) groups excluding carboxylic acids is 2. The first kappa shape index (κ1) is 23.5. The lowest BCUT2D eigenvalue weighted by Gasteiger charge is -2.37. The standard InChI is InChI=1S/C31H27N5O2/c37-30(29-28(23-7-2-1-3-8-23)21-26-9-4-5-16-36(26)29)31(38)33-24-11-13-25(14-12-24)34-17-19-35(20-18-34)27-10-6-15-32-22-27/h1-16,21-22H,17-20H2,(H,33,38). The van der Waals surface area contributed by atoms with Gasteiger partial charge in [-0.15, -0.1) is 0 Å². The van der Waals surface area contributed by atoms with Crippen LogP contribution in [-0.4, -0.2) is 47.3 Å². The van der Waals surface area contributed by atoms with Crippen LogP contribution in [-0.2, 0) is 4.79 Å². The van der Waals surface area contributed by atoms with Crippen LogP contribution in [0.2, 0.25) is 0 Å². The Hall–Kier alpha value is -4.91. The summed E-state index contributed by atoms with van der Waals surface area (Å²) in [5, 5.41) is 2.80. The number of ketones is 1. The molecule has 3 aromatic heterocycles. The van der Waals surface area contributed by atoms with Gasteiger partial charge in [0.25, 0.3) is 11.7 Å². The quantitative estimate of drug-likeness (QED) is 0.257. The number of amides is 1. The van der Waals surface area contributed by atoms with E-state index in [-0.39, 0.29) is 0 Å². The van der Waals surface area contributed by atoms with Crippen LogP contribution in [0.4, 0.5) is 17.1 Å². The third-order valence-electron chi connectivity index (χ3n) is 6.97. The van der Waals surface area contributed by atoms with Gasteiger partial charge in [-0.1, -0.05) is 36.4 Å². The van der Waals surface area contributed by atoms with Crippen LogP contribution in [0, 0.1) is 0 Å². The van der Waals surface area contributed by atoms with E-state index in [0.29, 0.717) is 11.4 Å². The van der Waals surface area contributed by atoms with E-state index >= 15 is 0 Å². The lowest BCUT2D eigenvalue weighted by Crippen LogP contribution is -2.46. The molecule has 0 bridgehead atoms. The summed E-state index contributed by atoms with van der Waals surface area (Å²) in [6.45, 7) is 3.60. The minimum atomic E-state index is -0.663. The van der Waals surface area contributed by atoms with Crippen LogP contribution in [0.5, 0.6) is 0 Å². The predicted octanol–water partition coefficient (Wildman–Crippen LogP) is 5.15. The summed E-state index contributed by atoms with van der Waals surface area (Å²) in [5.41, 5.74) is 5.65. The van der Waals surface area contributed by atoms with E-state index in [1.165, 1.54) is 0 Å². The molecule has 7 heteroatoms. The van der Waals surface area contributed by atoms with E-state index in [4.69, 9.17) is 0 Å². The maximum atomic E-state index is 13.4. The first-order chi connectivity index (χ1) is 18.7. The van der Waals surface area contributed by atoms with Crippen LogP contribution in [0.15, 0.2) is 110 Å². The average molecular weight is 502 g/mol. The zero-order valence-corrected chi connectivity index (χ0v) is 20.8. The van der Waals surface area contributed by atoms with Crippen molar-refractivity contribution in [3.05, 3.63) is 115 Å². The number of pyridine rings is 2. The summed E-state index contributed by atoms with van der Waals surface area (Å²) >= 11 is 0. The molecule has 1 aliphatic heterocycles. The van der Waals surface area contributed by atoms with E-state index in [1.54, 1.807) is 10.6 Å². The molecular weight excluding hydrogens is 474 g/mol. The fourth-order valence-corrected chi connectivity index (χ4v) is 5.01. The third-order valence-corrected chi connectivity index (χ3v) is 6.97. The van der Waals surface area contributed by atoms with Gasteiger partial charge in [-0.2, -0.15) is 0 Å². The molecule has 1 fully saturated rings. The van der Waals surface area contributed by atoms with Gasteiger partial charge in [0.2, 0.25) is 0 Å². The Morgan fingerprint density at radius 3 is 2.16 bits per heavy atom. The molecule has 1 N–H and O–H groups in total. The van der Waals surface area contributed by atoms with Gasteiger partial charge < -0.3 is 19.5 Å². The first-order valence-electron chi connectivity index (χ1n) is 12.7. The van der Waals surface area contributed by atoms with Crippen molar-refractivity contribution in [2.24, 2.45) is 0 Å². The number of fused-ring (bicyclic) bond motifs is 1. The summed E-state index contributed by atoms with van der Waals surface area (Å²) < 4.78 is 1.78. The summed E-state index contributed by atoms with van der Waals surface area (Å²) in [7, 11) is 0. The predicted molar refractivity (Wildman–Crippen MR) is 151 cm³/mol. The van der Waals surface area contributed by atoms with Gasteiger partial charge in [-0.25, -0.2) is 0 Å². The molecule has 0 radical (unpaired) electrons. The highest BCUT2D eigenvalue weighted by molar-refractivity contribution is 6.47. The Balaban J connectivity index is 1.16. The van der Waals surface area contributed by atoms with Crippen molar-refractivity contribution in [2.45, 2.75) is 0 Å². The highest BCUT2D eigenvalue weighted by Gasteiger charge is 2.25. The minimum absolute atomic E-state index is 0.354. The lowest BCUT2D eigenvalue weighted by atomic mass is 10.0. The number of nitrogens with zero attached hydrogens (tertiary/aromatic N) is 4. The summed E-state index contributed by atoms with van der Waals surface area (Å²) in [6.07, 6.45) is 5.50. The number of aromatic nitrogens is 2. The Labute approximate surface area is 221 Å². The number of rotatable bonds is 6. The molecule has 38 heavy (non-hydrogen) atoms. The molecule has 188 valence electrons. The molecule has 1 aliphatic rings. The van der Waals surface area contributed by atoms with E-state index in [1.807, 2.05) is 97.3 Å². The van der Waals surface area contributed by atoms with E-state index in [2.05, 4.69) is 26.2 Å². The van der Waals surface area contributed by atoms with Gasteiger partial charge in [-0.3, -0.25) is 14.6 Å². The highest BCUT2D eigenvalue weighted by Crippen LogP contribution is 2.29. The normalized spacial score (nSPS) is 13.5. The molecule has 0 aliphatic carbocycles. The van der Waals surface area contributed by atoms with Crippen LogP contribution >= 0.6 is 0 Å². The van der Waals surface area contributed by atoms with Gasteiger partial charge in [-0.05, 0) is 60.2 Å². The number of hydrogen-bond acceptors (Lipinski definition) is 5. The Kier molecular flexibility index (Phi) is 6.32. The molecule has 2 aromatic carbocycles. The van der Waals surface area contributed by atoms with Crippen LogP contribution < -0.4 is 15.1 Å². The number of carbonyl (C=O) groups is 2. The van der Waals surface area contributed by atoms with Gasteiger partial charge in [0.05, 0.1) is 11.9 Å². The third kappa shape index (κ3) is 4.62. The monoisotopic (exact) mass is 501 g/mol. The molecule has 0 saturated carbocycles. The molecule has 0 spiro atoms. The second-order valence-corrected chi connectivity index (χ2v) is 9.28.